The third-order valence-corrected chi connectivity index (χ3v) is 8.01. The zero-order valence-electron chi connectivity index (χ0n) is 19.4. The van der Waals surface area contributed by atoms with Gasteiger partial charge in [-0.3, -0.25) is 4.79 Å². The van der Waals surface area contributed by atoms with Gasteiger partial charge in [-0.2, -0.15) is 17.6 Å². The van der Waals surface area contributed by atoms with Crippen molar-refractivity contribution in [1.29, 1.82) is 0 Å². The lowest BCUT2D eigenvalue weighted by Crippen LogP contribution is -2.47. The van der Waals surface area contributed by atoms with Gasteiger partial charge in [0.2, 0.25) is 5.82 Å². The molecule has 0 saturated carbocycles. The number of hydrogen-bond donors (Lipinski definition) is 1. The summed E-state index contributed by atoms with van der Waals surface area (Å²) in [6.07, 6.45) is -4.05. The van der Waals surface area contributed by atoms with Crippen LogP contribution in [0.15, 0.2) is 39.9 Å². The maximum atomic E-state index is 14.4. The molecule has 192 valence electrons. The van der Waals surface area contributed by atoms with E-state index in [0.717, 1.165) is 26.2 Å². The van der Waals surface area contributed by atoms with Gasteiger partial charge in [0.1, 0.15) is 11.1 Å². The highest BCUT2D eigenvalue weighted by Gasteiger charge is 2.65. The number of ether oxygens (including phenoxy) is 2. The second-order valence-electron chi connectivity index (χ2n) is 8.30. The predicted octanol–water partition coefficient (Wildman–Crippen LogP) is 4.53. The first-order valence-electron chi connectivity index (χ1n) is 10.3. The highest BCUT2D eigenvalue weighted by Crippen LogP contribution is 2.55. The Balaban J connectivity index is 2.08. The molecular weight excluding hydrogens is 497 g/mol. The first kappa shape index (κ1) is 26.8. The number of methoxy groups -OCH3 is 1. The largest absolute Gasteiger partial charge is 0.493 e. The molecule has 1 aliphatic rings. The molecule has 13 heteroatoms. The molecule has 1 saturated heterocycles. The van der Waals surface area contributed by atoms with Crippen molar-refractivity contribution < 1.29 is 40.4 Å². The standard InChI is InChI=1S/C22H24F5N3O4S/c1-11-16(13-6-7-14(23)17(24)18(13)33-4)19(34-21(11,2)22(25,26)27)20(31)30-12-8-9-29-15(10-12)35(5,32)28-3/h6-11,16,19H,1-5H3,(H,29,30,31)/t11-,16-,19+,21+,35-/m1/s1. The fourth-order valence-corrected chi connectivity index (χ4v) is 4.83. The Labute approximate surface area is 199 Å². The lowest BCUT2D eigenvalue weighted by atomic mass is 9.77. The summed E-state index contributed by atoms with van der Waals surface area (Å²) in [5, 5.41) is 2.50. The SMILES string of the molecule is CN=[S@](C)(=O)c1cc(NC(=O)[C@H]2O[C@](C)(C(F)(F)F)[C@H](C)[C@@H]2c2ccc(F)c(F)c2OC)ccn1. The van der Waals surface area contributed by atoms with E-state index in [2.05, 4.69) is 14.7 Å². The van der Waals surface area contributed by atoms with Gasteiger partial charge < -0.3 is 14.8 Å². The van der Waals surface area contributed by atoms with E-state index in [9.17, 15) is 31.0 Å². The Kier molecular flexibility index (Phi) is 7.15. The van der Waals surface area contributed by atoms with E-state index in [0.29, 0.717) is 0 Å². The minimum atomic E-state index is -4.88. The van der Waals surface area contributed by atoms with Crippen LogP contribution >= 0.6 is 0 Å². The zero-order valence-corrected chi connectivity index (χ0v) is 20.3. The van der Waals surface area contributed by atoms with Gasteiger partial charge >= 0.3 is 6.18 Å². The van der Waals surface area contributed by atoms with Crippen LogP contribution in [0.4, 0.5) is 27.6 Å². The fraction of sp³-hybridized carbons (Fsp3) is 0.455. The molecule has 1 aromatic heterocycles. The minimum Gasteiger partial charge on any atom is -0.493 e. The monoisotopic (exact) mass is 521 g/mol. The molecule has 5 atom stereocenters. The number of nitrogens with one attached hydrogen (secondary N) is 1. The Morgan fingerprint density at radius 2 is 1.94 bits per heavy atom. The number of alkyl halides is 3. The van der Waals surface area contributed by atoms with Gasteiger partial charge in [0.25, 0.3) is 5.91 Å². The van der Waals surface area contributed by atoms with Gasteiger partial charge in [0, 0.05) is 42.6 Å². The second-order valence-corrected chi connectivity index (χ2v) is 10.7. The van der Waals surface area contributed by atoms with Gasteiger partial charge in [-0.25, -0.2) is 17.9 Å². The lowest BCUT2D eigenvalue weighted by molar-refractivity contribution is -0.272. The van der Waals surface area contributed by atoms with Crippen LogP contribution in [0, 0.1) is 17.6 Å². The molecule has 1 aromatic carbocycles. The van der Waals surface area contributed by atoms with Crippen LogP contribution in [0.2, 0.25) is 0 Å². The molecule has 0 unspecified atom stereocenters. The molecule has 1 aliphatic heterocycles. The van der Waals surface area contributed by atoms with Crippen molar-refractivity contribution in [2.45, 2.75) is 42.7 Å². The molecule has 35 heavy (non-hydrogen) atoms. The molecule has 0 spiro atoms. The molecular formula is C22H24F5N3O4S. The number of aromatic nitrogens is 1. The molecule has 1 fully saturated rings. The van der Waals surface area contributed by atoms with Crippen LogP contribution in [0.5, 0.6) is 5.75 Å². The summed E-state index contributed by atoms with van der Waals surface area (Å²) < 4.78 is 96.8. The van der Waals surface area contributed by atoms with Crippen LogP contribution in [0.25, 0.3) is 0 Å². The van der Waals surface area contributed by atoms with Crippen molar-refractivity contribution in [3.63, 3.8) is 0 Å². The van der Waals surface area contributed by atoms with Crippen molar-refractivity contribution in [3.8, 4) is 5.75 Å². The van der Waals surface area contributed by atoms with Crippen molar-refractivity contribution in [3.05, 3.63) is 47.7 Å². The molecule has 1 amide bonds. The molecule has 0 bridgehead atoms. The third-order valence-electron chi connectivity index (χ3n) is 6.31. The van der Waals surface area contributed by atoms with Gasteiger partial charge in [0.15, 0.2) is 17.2 Å². The highest BCUT2D eigenvalue weighted by atomic mass is 32.2. The molecule has 7 nitrogen and oxygen atoms in total. The number of anilines is 1. The Morgan fingerprint density at radius 3 is 2.51 bits per heavy atom. The summed E-state index contributed by atoms with van der Waals surface area (Å²) in [4.78, 5) is 17.2. The first-order valence-corrected chi connectivity index (χ1v) is 12.2. The second kappa shape index (κ2) is 9.34. The van der Waals surface area contributed by atoms with Crippen molar-refractivity contribution in [2.75, 3.05) is 25.7 Å². The lowest BCUT2D eigenvalue weighted by Gasteiger charge is -2.32. The van der Waals surface area contributed by atoms with E-state index >= 15 is 0 Å². The van der Waals surface area contributed by atoms with Gasteiger partial charge in [-0.1, -0.05) is 13.0 Å². The topological polar surface area (TPSA) is 89.9 Å². The van der Waals surface area contributed by atoms with E-state index in [1.54, 1.807) is 0 Å². The van der Waals surface area contributed by atoms with Gasteiger partial charge in [-0.05, 0) is 25.1 Å². The number of benzene rings is 1. The summed E-state index contributed by atoms with van der Waals surface area (Å²) in [5.74, 6) is -6.99. The van der Waals surface area contributed by atoms with E-state index in [-0.39, 0.29) is 16.3 Å². The van der Waals surface area contributed by atoms with Crippen LogP contribution < -0.4 is 10.1 Å². The van der Waals surface area contributed by atoms with E-state index in [1.807, 2.05) is 0 Å². The Bertz CT molecular complexity index is 1260. The predicted molar refractivity (Wildman–Crippen MR) is 118 cm³/mol. The summed E-state index contributed by atoms with van der Waals surface area (Å²) in [6.45, 7) is 2.01. The number of carbonyl (C=O) groups is 1. The average Bonchev–Trinajstić information content (AvgIpc) is 3.07. The van der Waals surface area contributed by atoms with Crippen LogP contribution in [0.3, 0.4) is 0 Å². The minimum absolute atomic E-state index is 0.0532. The number of halogens is 5. The summed E-state index contributed by atoms with van der Waals surface area (Å²) in [7, 11) is -0.480. The molecule has 0 aliphatic carbocycles. The molecule has 2 aromatic rings. The third kappa shape index (κ3) is 4.70. The molecule has 3 rings (SSSR count). The van der Waals surface area contributed by atoms with Crippen molar-refractivity contribution >= 4 is 21.3 Å². The number of amides is 1. The normalized spacial score (nSPS) is 26.2. The van der Waals surface area contributed by atoms with Gasteiger partial charge in [-0.15, -0.1) is 0 Å². The van der Waals surface area contributed by atoms with Crippen LogP contribution in [-0.4, -0.2) is 53.4 Å². The first-order chi connectivity index (χ1) is 16.2. The maximum Gasteiger partial charge on any atom is 0.417 e. The zero-order chi connectivity index (χ0) is 26.3. The average molecular weight is 522 g/mol. The van der Waals surface area contributed by atoms with Crippen molar-refractivity contribution in [2.24, 2.45) is 10.3 Å². The number of carbonyl (C=O) groups excluding carboxylic acids is 1. The highest BCUT2D eigenvalue weighted by molar-refractivity contribution is 7.92. The van der Waals surface area contributed by atoms with E-state index in [1.165, 1.54) is 38.6 Å². The van der Waals surface area contributed by atoms with Gasteiger partial charge in [0.05, 0.1) is 16.8 Å². The maximum absolute atomic E-state index is 14.4. The smallest absolute Gasteiger partial charge is 0.417 e. The number of nitrogens with zero attached hydrogens (tertiary/aromatic N) is 2. The quantitative estimate of drug-likeness (QED) is 0.584. The Hall–Kier alpha value is -2.80. The molecule has 0 radical (unpaired) electrons. The summed E-state index contributed by atoms with van der Waals surface area (Å²) in [6, 6.07) is 4.45. The number of pyridine rings is 1. The van der Waals surface area contributed by atoms with E-state index < -0.39 is 62.7 Å². The van der Waals surface area contributed by atoms with Crippen molar-refractivity contribution in [1.82, 2.24) is 4.98 Å². The van der Waals surface area contributed by atoms with E-state index in [4.69, 9.17) is 9.47 Å². The molecule has 1 N–H and O–H groups in total. The number of hydrogen-bond acceptors (Lipinski definition) is 6. The Morgan fingerprint density at radius 1 is 1.29 bits per heavy atom. The van der Waals surface area contributed by atoms with Crippen LogP contribution in [0.1, 0.15) is 25.3 Å². The van der Waals surface area contributed by atoms with Crippen LogP contribution in [-0.2, 0) is 19.3 Å². The summed E-state index contributed by atoms with van der Waals surface area (Å²) in [5.41, 5.74) is -2.84. The summed E-state index contributed by atoms with van der Waals surface area (Å²) >= 11 is 0. The number of rotatable bonds is 5. The fourth-order valence-electron chi connectivity index (χ4n) is 4.04. The molecule has 2 heterocycles.